The van der Waals surface area contributed by atoms with Crippen molar-refractivity contribution in [3.8, 4) is 11.5 Å². The van der Waals surface area contributed by atoms with Crippen LogP contribution in [0.15, 0.2) is 41.3 Å². The number of hydrogen-bond acceptors (Lipinski definition) is 5. The van der Waals surface area contributed by atoms with Crippen molar-refractivity contribution in [2.75, 3.05) is 26.1 Å². The molecule has 0 aliphatic carbocycles. The highest BCUT2D eigenvalue weighted by Crippen LogP contribution is 2.28. The van der Waals surface area contributed by atoms with Gasteiger partial charge in [0.1, 0.15) is 16.4 Å². The summed E-state index contributed by atoms with van der Waals surface area (Å²) in [6, 6.07) is 6.87. The summed E-state index contributed by atoms with van der Waals surface area (Å²) >= 11 is 0. The average Bonchev–Trinajstić information content (AvgIpc) is 2.62. The maximum absolute atomic E-state index is 13.1. The summed E-state index contributed by atoms with van der Waals surface area (Å²) in [6.07, 6.45) is 0. The molecule has 0 fully saturated rings. The van der Waals surface area contributed by atoms with Gasteiger partial charge in [0, 0.05) is 17.8 Å². The van der Waals surface area contributed by atoms with Crippen molar-refractivity contribution in [2.24, 2.45) is 0 Å². The Morgan fingerprint density at radius 3 is 2.38 bits per heavy atom. The Bertz CT molecular complexity index is 919. The van der Waals surface area contributed by atoms with Gasteiger partial charge in [0.05, 0.1) is 20.8 Å². The van der Waals surface area contributed by atoms with Crippen LogP contribution in [0.25, 0.3) is 0 Å². The molecule has 1 amide bonds. The first-order chi connectivity index (χ1) is 12.3. The van der Waals surface area contributed by atoms with Crippen LogP contribution < -0.4 is 19.5 Å². The van der Waals surface area contributed by atoms with Crippen LogP contribution >= 0.6 is 0 Å². The van der Waals surface area contributed by atoms with E-state index in [1.165, 1.54) is 32.4 Å². The number of anilines is 1. The maximum Gasteiger partial charge on any atom is 0.244 e. The lowest BCUT2D eigenvalue weighted by Crippen LogP contribution is -2.33. The molecule has 0 saturated heterocycles. The van der Waals surface area contributed by atoms with Gasteiger partial charge in [-0.1, -0.05) is 0 Å². The van der Waals surface area contributed by atoms with Crippen molar-refractivity contribution in [1.29, 1.82) is 0 Å². The van der Waals surface area contributed by atoms with E-state index in [2.05, 4.69) is 10.0 Å². The van der Waals surface area contributed by atoms with E-state index in [4.69, 9.17) is 9.47 Å². The molecule has 140 valence electrons. The molecule has 2 aromatic rings. The highest BCUT2D eigenvalue weighted by Gasteiger charge is 2.21. The van der Waals surface area contributed by atoms with E-state index in [0.717, 1.165) is 18.2 Å². The Kier molecular flexibility index (Phi) is 6.11. The minimum Gasteiger partial charge on any atom is -0.497 e. The van der Waals surface area contributed by atoms with E-state index in [9.17, 15) is 22.0 Å². The fourth-order valence-corrected chi connectivity index (χ4v) is 3.15. The van der Waals surface area contributed by atoms with Gasteiger partial charge in [0.15, 0.2) is 11.6 Å². The number of halogens is 2. The molecule has 0 aromatic heterocycles. The van der Waals surface area contributed by atoms with Gasteiger partial charge >= 0.3 is 0 Å². The predicted octanol–water partition coefficient (Wildman–Crippen LogP) is 1.90. The number of nitrogens with one attached hydrogen (secondary N) is 2. The number of methoxy groups -OCH3 is 2. The highest BCUT2D eigenvalue weighted by molar-refractivity contribution is 7.89. The third-order valence-corrected chi connectivity index (χ3v) is 4.73. The molecule has 0 radical (unpaired) electrons. The zero-order valence-electron chi connectivity index (χ0n) is 13.9. The van der Waals surface area contributed by atoms with Crippen molar-refractivity contribution in [1.82, 2.24) is 4.72 Å². The standard InChI is InChI=1S/C16H16F2N2O5S/c1-24-11-4-6-15(14(8-11)25-2)26(22,23)19-9-16(21)20-10-3-5-12(17)13(18)7-10/h3-8,19H,9H2,1-2H3,(H,20,21). The fourth-order valence-electron chi connectivity index (χ4n) is 2.01. The number of hydrogen-bond donors (Lipinski definition) is 2. The molecular formula is C16H16F2N2O5S. The Morgan fingerprint density at radius 2 is 1.77 bits per heavy atom. The van der Waals surface area contributed by atoms with E-state index in [-0.39, 0.29) is 16.3 Å². The SMILES string of the molecule is COc1ccc(S(=O)(=O)NCC(=O)Nc2ccc(F)c(F)c2)c(OC)c1. The maximum atomic E-state index is 13.1. The van der Waals surface area contributed by atoms with Crippen LogP contribution in [0.3, 0.4) is 0 Å². The molecule has 2 N–H and O–H groups in total. The summed E-state index contributed by atoms with van der Waals surface area (Å²) in [4.78, 5) is 11.7. The first-order valence-electron chi connectivity index (χ1n) is 7.23. The first-order valence-corrected chi connectivity index (χ1v) is 8.71. The smallest absolute Gasteiger partial charge is 0.244 e. The van der Waals surface area contributed by atoms with Gasteiger partial charge in [-0.2, -0.15) is 0 Å². The van der Waals surface area contributed by atoms with Crippen LogP contribution in [0.4, 0.5) is 14.5 Å². The Labute approximate surface area is 149 Å². The largest absolute Gasteiger partial charge is 0.497 e. The van der Waals surface area contributed by atoms with E-state index in [1.807, 2.05) is 0 Å². The summed E-state index contributed by atoms with van der Waals surface area (Å²) in [5, 5.41) is 2.26. The molecule has 0 spiro atoms. The summed E-state index contributed by atoms with van der Waals surface area (Å²) in [5.74, 6) is -2.51. The van der Waals surface area contributed by atoms with E-state index < -0.39 is 34.1 Å². The number of ether oxygens (including phenoxy) is 2. The summed E-state index contributed by atoms with van der Waals surface area (Å²) < 4.78 is 62.8. The summed E-state index contributed by atoms with van der Waals surface area (Å²) in [6.45, 7) is -0.615. The third kappa shape index (κ3) is 4.67. The number of sulfonamides is 1. The van der Waals surface area contributed by atoms with E-state index in [0.29, 0.717) is 5.75 Å². The number of rotatable bonds is 7. The van der Waals surface area contributed by atoms with Gasteiger partial charge in [-0.3, -0.25) is 4.79 Å². The predicted molar refractivity (Wildman–Crippen MR) is 89.7 cm³/mol. The van der Waals surface area contributed by atoms with Crippen LogP contribution in [0.5, 0.6) is 11.5 Å². The average molecular weight is 386 g/mol. The summed E-state index contributed by atoms with van der Waals surface area (Å²) in [5.41, 5.74) is -0.00451. The van der Waals surface area contributed by atoms with Gasteiger partial charge < -0.3 is 14.8 Å². The Balaban J connectivity index is 2.07. The Morgan fingerprint density at radius 1 is 1.04 bits per heavy atom. The molecule has 0 aliphatic rings. The van der Waals surface area contributed by atoms with Crippen LogP contribution in [-0.4, -0.2) is 35.1 Å². The molecule has 7 nitrogen and oxygen atoms in total. The van der Waals surface area contributed by atoms with Crippen molar-refractivity contribution in [2.45, 2.75) is 4.90 Å². The second-order valence-electron chi connectivity index (χ2n) is 5.02. The van der Waals surface area contributed by atoms with Crippen molar-refractivity contribution < 1.29 is 31.5 Å². The quantitative estimate of drug-likeness (QED) is 0.758. The number of carbonyl (C=O) groups is 1. The minimum atomic E-state index is -4.06. The molecular weight excluding hydrogens is 370 g/mol. The van der Waals surface area contributed by atoms with E-state index in [1.54, 1.807) is 0 Å². The molecule has 2 aromatic carbocycles. The molecule has 0 aliphatic heterocycles. The van der Waals surface area contributed by atoms with Crippen molar-refractivity contribution in [3.05, 3.63) is 48.0 Å². The normalized spacial score (nSPS) is 11.1. The van der Waals surface area contributed by atoms with Crippen LogP contribution in [0.2, 0.25) is 0 Å². The molecule has 0 heterocycles. The van der Waals surface area contributed by atoms with Gasteiger partial charge in [-0.25, -0.2) is 21.9 Å². The topological polar surface area (TPSA) is 93.7 Å². The lowest BCUT2D eigenvalue weighted by Gasteiger charge is -2.12. The molecule has 26 heavy (non-hydrogen) atoms. The first kappa shape index (κ1) is 19.6. The number of carbonyl (C=O) groups excluding carboxylic acids is 1. The van der Waals surface area contributed by atoms with Gasteiger partial charge in [-0.15, -0.1) is 0 Å². The highest BCUT2D eigenvalue weighted by atomic mass is 32.2. The van der Waals surface area contributed by atoms with Crippen LogP contribution in [0.1, 0.15) is 0 Å². The molecule has 2 rings (SSSR count). The van der Waals surface area contributed by atoms with Crippen LogP contribution in [0, 0.1) is 11.6 Å². The van der Waals surface area contributed by atoms with Gasteiger partial charge in [0.25, 0.3) is 0 Å². The van der Waals surface area contributed by atoms with Gasteiger partial charge in [0.2, 0.25) is 15.9 Å². The number of amides is 1. The monoisotopic (exact) mass is 386 g/mol. The zero-order valence-corrected chi connectivity index (χ0v) is 14.7. The summed E-state index contributed by atoms with van der Waals surface area (Å²) in [7, 11) is -1.34. The molecule has 0 bridgehead atoms. The van der Waals surface area contributed by atoms with Crippen molar-refractivity contribution in [3.63, 3.8) is 0 Å². The van der Waals surface area contributed by atoms with Crippen molar-refractivity contribution >= 4 is 21.6 Å². The third-order valence-electron chi connectivity index (χ3n) is 3.29. The number of benzene rings is 2. The molecule has 10 heteroatoms. The molecule has 0 saturated carbocycles. The molecule has 0 unspecified atom stereocenters. The second kappa shape index (κ2) is 8.11. The fraction of sp³-hybridized carbons (Fsp3) is 0.188. The molecule has 0 atom stereocenters. The second-order valence-corrected chi connectivity index (χ2v) is 6.75. The zero-order chi connectivity index (χ0) is 19.3. The Hall–Kier alpha value is -2.72. The lowest BCUT2D eigenvalue weighted by atomic mass is 10.3. The van der Waals surface area contributed by atoms with Crippen LogP contribution in [-0.2, 0) is 14.8 Å². The van der Waals surface area contributed by atoms with Gasteiger partial charge in [-0.05, 0) is 24.3 Å². The van der Waals surface area contributed by atoms with E-state index >= 15 is 0 Å². The minimum absolute atomic E-state index is 0.00451. The lowest BCUT2D eigenvalue weighted by molar-refractivity contribution is -0.115.